The highest BCUT2D eigenvalue weighted by Crippen LogP contribution is 2.23. The highest BCUT2D eigenvalue weighted by atomic mass is 16.5. The summed E-state index contributed by atoms with van der Waals surface area (Å²) in [5.74, 6) is 0.191. The number of likely N-dealkylation sites (tertiary alicyclic amines) is 1. The van der Waals surface area contributed by atoms with Crippen LogP contribution in [0.3, 0.4) is 0 Å². The molecule has 0 spiro atoms. The standard InChI is InChI=1S/C15H23N3O2/c1-12-9-16-17(10-12)11-13-5-2-3-7-18(13)15(19)14-6-4-8-20-14/h9-10,13-14H,2-8,11H2,1H3/t13-,14+/m1/s1. The fraction of sp³-hybridized carbons (Fsp3) is 0.733. The first kappa shape index (κ1) is 13.6. The quantitative estimate of drug-likeness (QED) is 0.845. The third kappa shape index (κ3) is 2.87. The van der Waals surface area contributed by atoms with Crippen molar-refractivity contribution in [1.29, 1.82) is 0 Å². The van der Waals surface area contributed by atoms with Gasteiger partial charge in [-0.15, -0.1) is 0 Å². The van der Waals surface area contributed by atoms with E-state index in [0.29, 0.717) is 0 Å². The zero-order valence-corrected chi connectivity index (χ0v) is 12.1. The van der Waals surface area contributed by atoms with Crippen molar-refractivity contribution in [2.75, 3.05) is 13.2 Å². The van der Waals surface area contributed by atoms with E-state index in [1.807, 2.05) is 28.9 Å². The largest absolute Gasteiger partial charge is 0.368 e. The number of rotatable bonds is 3. The fourth-order valence-electron chi connectivity index (χ4n) is 3.22. The van der Waals surface area contributed by atoms with Gasteiger partial charge in [0.15, 0.2) is 0 Å². The lowest BCUT2D eigenvalue weighted by Crippen LogP contribution is -2.49. The summed E-state index contributed by atoms with van der Waals surface area (Å²) in [4.78, 5) is 14.6. The Hall–Kier alpha value is -1.36. The maximum atomic E-state index is 12.6. The normalized spacial score (nSPS) is 26.9. The van der Waals surface area contributed by atoms with Crippen molar-refractivity contribution < 1.29 is 9.53 Å². The molecule has 2 atom stereocenters. The highest BCUT2D eigenvalue weighted by Gasteiger charge is 2.33. The molecule has 3 heterocycles. The molecule has 3 rings (SSSR count). The van der Waals surface area contributed by atoms with Gasteiger partial charge in [-0.3, -0.25) is 9.48 Å². The van der Waals surface area contributed by atoms with Gasteiger partial charge in [-0.2, -0.15) is 5.10 Å². The average Bonchev–Trinajstić information content (AvgIpc) is 3.10. The van der Waals surface area contributed by atoms with Crippen molar-refractivity contribution in [3.05, 3.63) is 18.0 Å². The van der Waals surface area contributed by atoms with Crippen molar-refractivity contribution in [2.45, 2.75) is 57.7 Å². The van der Waals surface area contributed by atoms with E-state index >= 15 is 0 Å². The van der Waals surface area contributed by atoms with Gasteiger partial charge in [-0.05, 0) is 44.6 Å². The second-order valence-corrected chi connectivity index (χ2v) is 5.92. The SMILES string of the molecule is Cc1cnn(C[C@H]2CCCCN2C(=O)[C@@H]2CCCO2)c1. The lowest BCUT2D eigenvalue weighted by atomic mass is 10.0. The number of aromatic nitrogens is 2. The Morgan fingerprint density at radius 3 is 3.00 bits per heavy atom. The number of carbonyl (C=O) groups excluding carboxylic acids is 1. The van der Waals surface area contributed by atoms with Crippen LogP contribution in [0.1, 0.15) is 37.7 Å². The molecule has 0 bridgehead atoms. The Kier molecular flexibility index (Phi) is 4.05. The summed E-state index contributed by atoms with van der Waals surface area (Å²) in [6.07, 6.45) is 8.97. The maximum absolute atomic E-state index is 12.6. The second kappa shape index (κ2) is 5.95. The van der Waals surface area contributed by atoms with Crippen LogP contribution in [0, 0.1) is 6.92 Å². The molecule has 110 valence electrons. The molecule has 0 aromatic carbocycles. The van der Waals surface area contributed by atoms with E-state index in [0.717, 1.165) is 50.9 Å². The van der Waals surface area contributed by atoms with Crippen molar-refractivity contribution >= 4 is 5.91 Å². The number of carbonyl (C=O) groups is 1. The minimum Gasteiger partial charge on any atom is -0.368 e. The first-order valence-electron chi connectivity index (χ1n) is 7.65. The van der Waals surface area contributed by atoms with Crippen molar-refractivity contribution in [3.8, 4) is 0 Å². The van der Waals surface area contributed by atoms with Crippen molar-refractivity contribution in [2.24, 2.45) is 0 Å². The van der Waals surface area contributed by atoms with Gasteiger partial charge in [-0.1, -0.05) is 0 Å². The van der Waals surface area contributed by atoms with Gasteiger partial charge >= 0.3 is 0 Å². The topological polar surface area (TPSA) is 47.4 Å². The predicted octanol–water partition coefficient (Wildman–Crippen LogP) is 1.75. The summed E-state index contributed by atoms with van der Waals surface area (Å²) in [6, 6.07) is 0.264. The van der Waals surface area contributed by atoms with Crippen LogP contribution in [0.2, 0.25) is 0 Å². The third-order valence-electron chi connectivity index (χ3n) is 4.28. The van der Waals surface area contributed by atoms with Crippen molar-refractivity contribution in [3.63, 3.8) is 0 Å². The molecular formula is C15H23N3O2. The van der Waals surface area contributed by atoms with E-state index in [-0.39, 0.29) is 18.1 Å². The van der Waals surface area contributed by atoms with Crippen LogP contribution in [-0.4, -0.2) is 45.9 Å². The van der Waals surface area contributed by atoms with Crippen LogP contribution < -0.4 is 0 Å². The number of ether oxygens (including phenoxy) is 1. The smallest absolute Gasteiger partial charge is 0.252 e. The Balaban J connectivity index is 1.68. The molecule has 1 aromatic heterocycles. The first-order chi connectivity index (χ1) is 9.74. The fourth-order valence-corrected chi connectivity index (χ4v) is 3.22. The van der Waals surface area contributed by atoms with E-state index in [9.17, 15) is 4.79 Å². The summed E-state index contributed by atoms with van der Waals surface area (Å²) >= 11 is 0. The number of nitrogens with zero attached hydrogens (tertiary/aromatic N) is 3. The molecule has 2 aliphatic heterocycles. The molecule has 2 aliphatic rings. The van der Waals surface area contributed by atoms with E-state index in [4.69, 9.17) is 4.74 Å². The van der Waals surface area contributed by atoms with E-state index in [1.165, 1.54) is 6.42 Å². The zero-order valence-electron chi connectivity index (χ0n) is 12.1. The number of piperidine rings is 1. The van der Waals surface area contributed by atoms with E-state index < -0.39 is 0 Å². The van der Waals surface area contributed by atoms with Crippen LogP contribution in [-0.2, 0) is 16.1 Å². The van der Waals surface area contributed by atoms with E-state index in [1.54, 1.807) is 0 Å². The summed E-state index contributed by atoms with van der Waals surface area (Å²) in [5.41, 5.74) is 1.16. The molecule has 1 aromatic rings. The van der Waals surface area contributed by atoms with Gasteiger partial charge < -0.3 is 9.64 Å². The second-order valence-electron chi connectivity index (χ2n) is 5.92. The average molecular weight is 277 g/mol. The Morgan fingerprint density at radius 1 is 1.40 bits per heavy atom. The molecule has 2 fully saturated rings. The molecule has 1 amide bonds. The number of amides is 1. The maximum Gasteiger partial charge on any atom is 0.252 e. The molecule has 5 nitrogen and oxygen atoms in total. The zero-order chi connectivity index (χ0) is 13.9. The van der Waals surface area contributed by atoms with Gasteiger partial charge in [0.2, 0.25) is 0 Å². The van der Waals surface area contributed by atoms with E-state index in [2.05, 4.69) is 5.10 Å². The van der Waals surface area contributed by atoms with Gasteiger partial charge in [0.25, 0.3) is 5.91 Å². The number of hydrogen-bond donors (Lipinski definition) is 0. The number of hydrogen-bond acceptors (Lipinski definition) is 3. The van der Waals surface area contributed by atoms with Crippen LogP contribution in [0.25, 0.3) is 0 Å². The van der Waals surface area contributed by atoms with Gasteiger partial charge in [-0.25, -0.2) is 0 Å². The Labute approximate surface area is 119 Å². The molecule has 20 heavy (non-hydrogen) atoms. The summed E-state index contributed by atoms with van der Waals surface area (Å²) < 4.78 is 7.52. The Bertz CT molecular complexity index is 465. The predicted molar refractivity (Wildman–Crippen MR) is 75.3 cm³/mol. The number of aryl methyl sites for hydroxylation is 1. The summed E-state index contributed by atoms with van der Waals surface area (Å²) in [7, 11) is 0. The molecule has 0 saturated carbocycles. The molecular weight excluding hydrogens is 254 g/mol. The summed E-state index contributed by atoms with van der Waals surface area (Å²) in [5, 5.41) is 4.35. The molecule has 2 saturated heterocycles. The highest BCUT2D eigenvalue weighted by molar-refractivity contribution is 5.81. The first-order valence-corrected chi connectivity index (χ1v) is 7.65. The third-order valence-corrected chi connectivity index (χ3v) is 4.28. The minimum atomic E-state index is -0.199. The van der Waals surface area contributed by atoms with Gasteiger partial charge in [0, 0.05) is 19.3 Å². The van der Waals surface area contributed by atoms with Gasteiger partial charge in [0.05, 0.1) is 18.8 Å². The molecule has 0 radical (unpaired) electrons. The molecule has 0 unspecified atom stereocenters. The van der Waals surface area contributed by atoms with Crippen LogP contribution in [0.4, 0.5) is 0 Å². The lowest BCUT2D eigenvalue weighted by molar-refractivity contribution is -0.145. The van der Waals surface area contributed by atoms with Gasteiger partial charge in [0.1, 0.15) is 6.10 Å². The molecule has 5 heteroatoms. The van der Waals surface area contributed by atoms with Crippen LogP contribution in [0.15, 0.2) is 12.4 Å². The van der Waals surface area contributed by atoms with Crippen molar-refractivity contribution in [1.82, 2.24) is 14.7 Å². The monoisotopic (exact) mass is 277 g/mol. The molecule has 0 aliphatic carbocycles. The Morgan fingerprint density at radius 2 is 2.30 bits per heavy atom. The van der Waals surface area contributed by atoms with Crippen LogP contribution >= 0.6 is 0 Å². The lowest BCUT2D eigenvalue weighted by Gasteiger charge is -2.37. The van der Waals surface area contributed by atoms with Crippen LogP contribution in [0.5, 0.6) is 0 Å². The molecule has 0 N–H and O–H groups in total. The summed E-state index contributed by atoms with van der Waals surface area (Å²) in [6.45, 7) is 4.43. The minimum absolute atomic E-state index is 0.191.